The second kappa shape index (κ2) is 3.10. The molecule has 6 heavy (non-hydrogen) atoms. The zero-order valence-corrected chi connectivity index (χ0v) is 9.18. The maximum absolute atomic E-state index is 8.55. The smallest absolute Gasteiger partial charge is 0.822 e. The van der Waals surface area contributed by atoms with Crippen LogP contribution in [0.1, 0.15) is 0 Å². The van der Waals surface area contributed by atoms with Crippen molar-refractivity contribution in [2.45, 2.75) is 0 Å². The van der Waals surface area contributed by atoms with E-state index in [4.69, 9.17) is 19.2 Å². The molecule has 0 aromatic rings. The van der Waals surface area contributed by atoms with Gasteiger partial charge in [-0.1, -0.05) is 0 Å². The second-order valence-electron chi connectivity index (χ2n) is 0.447. The van der Waals surface area contributed by atoms with Gasteiger partial charge in [0.05, 0.1) is 0 Å². The maximum atomic E-state index is 8.55. The summed E-state index contributed by atoms with van der Waals surface area (Å²) in [6, 6.07) is 0. The van der Waals surface area contributed by atoms with E-state index in [0.717, 1.165) is 0 Å². The Balaban J connectivity index is 0. The summed E-state index contributed by atoms with van der Waals surface area (Å²) >= 11 is 0. The largest absolute Gasteiger partial charge is 2.00 e. The fourth-order valence-corrected chi connectivity index (χ4v) is 0. The van der Waals surface area contributed by atoms with Crippen molar-refractivity contribution in [3.63, 3.8) is 0 Å². The first-order valence-corrected chi connectivity index (χ1v) is 2.19. The number of rotatable bonds is 0. The van der Waals surface area contributed by atoms with Gasteiger partial charge in [-0.15, -0.1) is 0 Å². The van der Waals surface area contributed by atoms with Crippen LogP contribution in [-0.4, -0.2) is 0 Å². The quantitative estimate of drug-likeness (QED) is 0.356. The van der Waals surface area contributed by atoms with Crippen LogP contribution >= 0.6 is 7.82 Å². The average molecular weight is 296 g/mol. The predicted molar refractivity (Wildman–Crippen MR) is 7.61 cm³/mol. The van der Waals surface area contributed by atoms with E-state index >= 15 is 0 Å². The van der Waals surface area contributed by atoms with Gasteiger partial charge >= 0.3 is 27.7 Å². The van der Waals surface area contributed by atoms with Crippen molar-refractivity contribution < 1.29 is 46.9 Å². The van der Waals surface area contributed by atoms with E-state index in [0.29, 0.717) is 0 Å². The van der Waals surface area contributed by atoms with E-state index in [1.807, 2.05) is 0 Å². The molecule has 0 bridgehead atoms. The topological polar surface area (TPSA) is 86.2 Å². The van der Waals surface area contributed by atoms with Crippen molar-refractivity contribution in [2.24, 2.45) is 0 Å². The zero-order chi connectivity index (χ0) is 4.50. The van der Waals surface area contributed by atoms with E-state index in [9.17, 15) is 0 Å². The van der Waals surface area contributed by atoms with Crippen LogP contribution in [0.4, 0.5) is 0 Å². The van der Waals surface area contributed by atoms with Gasteiger partial charge in [0.15, 0.2) is 0 Å². The van der Waals surface area contributed by atoms with Crippen LogP contribution in [0.3, 0.4) is 0 Å². The van der Waals surface area contributed by atoms with Crippen molar-refractivity contribution in [1.29, 1.82) is 0 Å². The summed E-state index contributed by atoms with van der Waals surface area (Å²) in [6.07, 6.45) is 0. The number of hydrogen-bond acceptors (Lipinski definition) is 4. The minimum atomic E-state index is -5.39. The molecule has 0 amide bonds. The van der Waals surface area contributed by atoms with E-state index in [-0.39, 0.29) is 27.7 Å². The SMILES string of the molecule is O=P([O-])([O-])[O-].[Hg+2]. The number of hydrogen-bond donors (Lipinski definition) is 0. The minimum Gasteiger partial charge on any atom is -0.822 e. The maximum Gasteiger partial charge on any atom is 2.00 e. The molecule has 6 heteroatoms. The first-order valence-electron chi connectivity index (χ1n) is 0.730. The molecule has 0 aromatic carbocycles. The summed E-state index contributed by atoms with van der Waals surface area (Å²) in [5, 5.41) is 0. The third-order valence-corrected chi connectivity index (χ3v) is 0. The molecular formula is HgO4P-. The van der Waals surface area contributed by atoms with E-state index in [1.54, 1.807) is 0 Å². The van der Waals surface area contributed by atoms with Crippen molar-refractivity contribution >= 4 is 7.82 Å². The minimum absolute atomic E-state index is 0. The molecule has 0 aromatic heterocycles. The first-order chi connectivity index (χ1) is 2.00. The van der Waals surface area contributed by atoms with Gasteiger partial charge in [-0.05, 0) is 0 Å². The van der Waals surface area contributed by atoms with Gasteiger partial charge < -0.3 is 19.2 Å². The molecule has 0 aliphatic carbocycles. The van der Waals surface area contributed by atoms with E-state index in [1.165, 1.54) is 0 Å². The fourth-order valence-electron chi connectivity index (χ4n) is 0. The number of phosphoric acid groups is 1. The molecule has 0 saturated carbocycles. The molecular weight excluding hydrogens is 296 g/mol. The Hall–Kier alpha value is 1.05. The summed E-state index contributed by atoms with van der Waals surface area (Å²) < 4.78 is 8.55. The van der Waals surface area contributed by atoms with Gasteiger partial charge in [-0.25, -0.2) is 0 Å². The average Bonchev–Trinajstić information content (AvgIpc) is 0.722. The molecule has 0 spiro atoms. The molecule has 4 nitrogen and oxygen atoms in total. The van der Waals surface area contributed by atoms with Crippen LogP contribution < -0.4 is 14.7 Å². The van der Waals surface area contributed by atoms with Crippen LogP contribution in [-0.2, 0) is 32.2 Å². The molecule has 0 heterocycles. The molecule has 0 unspecified atom stereocenters. The van der Waals surface area contributed by atoms with Crippen LogP contribution in [0.15, 0.2) is 0 Å². The monoisotopic (exact) mass is 297 g/mol. The summed E-state index contributed by atoms with van der Waals surface area (Å²) in [7, 11) is -5.39. The van der Waals surface area contributed by atoms with Crippen molar-refractivity contribution in [3.8, 4) is 0 Å². The van der Waals surface area contributed by atoms with Crippen molar-refractivity contribution in [2.75, 3.05) is 0 Å². The predicted octanol–water partition coefficient (Wildman–Crippen LogP) is -2.83. The normalized spacial score (nSPS) is 9.83. The third-order valence-electron chi connectivity index (χ3n) is 0. The molecule has 0 N–H and O–H groups in total. The van der Waals surface area contributed by atoms with Gasteiger partial charge in [0.2, 0.25) is 0 Å². The molecule has 0 rings (SSSR count). The van der Waals surface area contributed by atoms with Crippen LogP contribution in [0, 0.1) is 0 Å². The van der Waals surface area contributed by atoms with Crippen molar-refractivity contribution in [1.82, 2.24) is 0 Å². The first kappa shape index (κ1) is 10.1. The molecule has 0 aliphatic rings. The van der Waals surface area contributed by atoms with Gasteiger partial charge in [-0.2, -0.15) is 7.82 Å². The molecule has 0 fully saturated rings. The molecule has 0 saturated heterocycles. The molecule has 0 radical (unpaired) electrons. The van der Waals surface area contributed by atoms with Gasteiger partial charge in [0.1, 0.15) is 0 Å². The Morgan fingerprint density at radius 3 is 1.17 bits per heavy atom. The zero-order valence-electron chi connectivity index (χ0n) is 2.79. The summed E-state index contributed by atoms with van der Waals surface area (Å²) in [6.45, 7) is 0. The summed E-state index contributed by atoms with van der Waals surface area (Å²) in [5.74, 6) is 0. The standard InChI is InChI=1S/Hg.H3O4P/c;1-5(2,3)4/h;(H3,1,2,3,4)/q+2;/p-3. The molecule has 32 valence electrons. The van der Waals surface area contributed by atoms with E-state index in [2.05, 4.69) is 0 Å². The van der Waals surface area contributed by atoms with Crippen LogP contribution in [0.2, 0.25) is 0 Å². The summed E-state index contributed by atoms with van der Waals surface area (Å²) in [5.41, 5.74) is 0. The Morgan fingerprint density at radius 1 is 1.17 bits per heavy atom. The molecule has 0 atom stereocenters. The second-order valence-corrected chi connectivity index (χ2v) is 1.34. The van der Waals surface area contributed by atoms with Gasteiger partial charge in [0.25, 0.3) is 0 Å². The Bertz CT molecular complexity index is 53.7. The van der Waals surface area contributed by atoms with Crippen LogP contribution in [0.25, 0.3) is 0 Å². The van der Waals surface area contributed by atoms with E-state index < -0.39 is 7.82 Å². The Morgan fingerprint density at radius 2 is 1.17 bits per heavy atom. The fraction of sp³-hybridized carbons (Fsp3) is 0. The summed E-state index contributed by atoms with van der Waals surface area (Å²) in [4.78, 5) is 25.6. The van der Waals surface area contributed by atoms with Gasteiger partial charge in [0, 0.05) is 0 Å². The third kappa shape index (κ3) is 75.6. The Kier molecular flexibility index (Phi) is 5.23. The Labute approximate surface area is 54.9 Å². The molecule has 0 aliphatic heterocycles. The van der Waals surface area contributed by atoms with Crippen molar-refractivity contribution in [3.05, 3.63) is 0 Å². The van der Waals surface area contributed by atoms with Crippen LogP contribution in [0.5, 0.6) is 0 Å². The van der Waals surface area contributed by atoms with Gasteiger partial charge in [-0.3, -0.25) is 0 Å².